The van der Waals surface area contributed by atoms with E-state index in [1.54, 1.807) is 6.07 Å². The van der Waals surface area contributed by atoms with Gasteiger partial charge in [0.2, 0.25) is 5.89 Å². The molecule has 3 atom stereocenters. The Morgan fingerprint density at radius 3 is 2.78 bits per heavy atom. The van der Waals surface area contributed by atoms with Gasteiger partial charge in [-0.1, -0.05) is 11.2 Å². The number of aryl methyl sites for hydroxylation is 2. The van der Waals surface area contributed by atoms with Crippen LogP contribution in [0.4, 0.5) is 19.0 Å². The summed E-state index contributed by atoms with van der Waals surface area (Å²) in [5, 5.41) is 28.0. The van der Waals surface area contributed by atoms with Gasteiger partial charge in [0.05, 0.1) is 16.5 Å². The van der Waals surface area contributed by atoms with Crippen molar-refractivity contribution in [1.29, 1.82) is 0 Å². The highest BCUT2D eigenvalue weighted by molar-refractivity contribution is 6.01. The first-order chi connectivity index (χ1) is 24.7. The van der Waals surface area contributed by atoms with Gasteiger partial charge in [-0.25, -0.2) is 13.2 Å². The fourth-order valence-corrected chi connectivity index (χ4v) is 8.87. The van der Waals surface area contributed by atoms with E-state index in [0.29, 0.717) is 97.3 Å². The van der Waals surface area contributed by atoms with E-state index in [2.05, 4.69) is 25.0 Å². The van der Waals surface area contributed by atoms with Crippen LogP contribution in [0.1, 0.15) is 62.2 Å². The Balaban J connectivity index is 1.22. The molecule has 3 fully saturated rings. The Morgan fingerprint density at radius 1 is 1.02 bits per heavy atom. The summed E-state index contributed by atoms with van der Waals surface area (Å²) in [6.45, 7) is 1.93. The molecule has 0 spiro atoms. The number of halogens is 3. The summed E-state index contributed by atoms with van der Waals surface area (Å²) in [6.07, 6.45) is 5.80. The van der Waals surface area contributed by atoms with E-state index in [0.717, 1.165) is 19.4 Å². The first-order valence-corrected chi connectivity index (χ1v) is 17.8. The van der Waals surface area contributed by atoms with E-state index in [4.69, 9.17) is 14.2 Å². The number of hydrogen-bond acceptors (Lipinski definition) is 11. The highest BCUT2D eigenvalue weighted by atomic mass is 19.1. The molecule has 51 heavy (non-hydrogen) atoms. The van der Waals surface area contributed by atoms with E-state index >= 15 is 8.78 Å². The van der Waals surface area contributed by atoms with Crippen LogP contribution >= 0.6 is 0 Å². The molecular weight excluding hydrogens is 663 g/mol. The van der Waals surface area contributed by atoms with Crippen molar-refractivity contribution in [1.82, 2.24) is 30.0 Å². The molecule has 0 saturated carbocycles. The van der Waals surface area contributed by atoms with Crippen LogP contribution in [-0.2, 0) is 19.3 Å². The number of rotatable bonds is 3. The second-order valence-electron chi connectivity index (χ2n) is 14.7. The Bertz CT molecular complexity index is 2170. The number of aliphatic hydroxyl groups is 1. The van der Waals surface area contributed by atoms with Crippen molar-refractivity contribution in [3.8, 4) is 23.0 Å². The van der Waals surface area contributed by atoms with E-state index in [1.807, 2.05) is 4.90 Å². The van der Waals surface area contributed by atoms with Gasteiger partial charge in [0.1, 0.15) is 41.4 Å². The molecule has 8 bridgehead atoms. The predicted octanol–water partition coefficient (Wildman–Crippen LogP) is 5.62. The summed E-state index contributed by atoms with van der Waals surface area (Å²) in [7, 11) is 0. The lowest BCUT2D eigenvalue weighted by atomic mass is 9.89. The summed E-state index contributed by atoms with van der Waals surface area (Å²) in [4.78, 5) is 22.5. The first kappa shape index (κ1) is 32.4. The van der Waals surface area contributed by atoms with Gasteiger partial charge in [-0.3, -0.25) is 9.88 Å². The van der Waals surface area contributed by atoms with Gasteiger partial charge in [0.15, 0.2) is 11.6 Å². The minimum atomic E-state index is -1.23. The summed E-state index contributed by atoms with van der Waals surface area (Å²) in [6, 6.07) is 5.76. The van der Waals surface area contributed by atoms with Gasteiger partial charge >= 0.3 is 6.01 Å². The van der Waals surface area contributed by atoms with Crippen LogP contribution < -0.4 is 9.64 Å². The molecule has 0 amide bonds. The fraction of sp³-hybridized carbons (Fsp3) is 0.486. The van der Waals surface area contributed by atoms with Crippen molar-refractivity contribution in [2.24, 2.45) is 0 Å². The molecule has 5 aliphatic rings. The minimum Gasteiger partial charge on any atom is -0.508 e. The molecule has 5 aromatic rings. The SMILES string of the molecule is Oc1cc2c3c(c(F)ccc3c1)CCCCc1nc(no1)CC1(O)CCCN(C1)c1nc(OC[C@@]34CCCN3C[C@H](F)C4)nc3c(F)c-2ncc13. The number of benzene rings is 2. The van der Waals surface area contributed by atoms with Crippen molar-refractivity contribution < 1.29 is 32.6 Å². The number of aromatic nitrogens is 5. The smallest absolute Gasteiger partial charge is 0.319 e. The van der Waals surface area contributed by atoms with E-state index in [1.165, 1.54) is 24.4 Å². The number of nitrogens with zero attached hydrogens (tertiary/aromatic N) is 7. The van der Waals surface area contributed by atoms with E-state index in [-0.39, 0.29) is 48.1 Å². The molecule has 2 aromatic carbocycles. The van der Waals surface area contributed by atoms with Crippen LogP contribution in [-0.4, -0.2) is 90.3 Å². The zero-order valence-corrected chi connectivity index (χ0v) is 28.0. The number of anilines is 1. The third-order valence-electron chi connectivity index (χ3n) is 11.2. The van der Waals surface area contributed by atoms with Crippen LogP contribution in [0.5, 0.6) is 11.8 Å². The third-order valence-corrected chi connectivity index (χ3v) is 11.2. The molecule has 2 N–H and O–H groups in total. The lowest BCUT2D eigenvalue weighted by molar-refractivity contribution is 0.0238. The topological polar surface area (TPSA) is 134 Å². The number of fused-ring (bicyclic) bond motifs is 5. The molecule has 0 radical (unpaired) electrons. The number of alkyl halides is 1. The molecular formula is C37H38F3N7O4. The Hall–Kier alpha value is -4.56. The Labute approximate surface area is 291 Å². The molecule has 266 valence electrons. The Morgan fingerprint density at radius 2 is 1.88 bits per heavy atom. The first-order valence-electron chi connectivity index (χ1n) is 17.8. The molecule has 5 aliphatic heterocycles. The van der Waals surface area contributed by atoms with Gasteiger partial charge in [0.25, 0.3) is 0 Å². The lowest BCUT2D eigenvalue weighted by Gasteiger charge is -2.39. The summed E-state index contributed by atoms with van der Waals surface area (Å²) < 4.78 is 59.1. The molecule has 1 unspecified atom stereocenters. The number of aromatic hydroxyl groups is 1. The number of phenols is 1. The molecule has 8 heterocycles. The maximum absolute atomic E-state index is 17.1. The summed E-state index contributed by atoms with van der Waals surface area (Å²) in [5.74, 6) is -0.191. The highest BCUT2D eigenvalue weighted by Crippen LogP contribution is 2.42. The predicted molar refractivity (Wildman–Crippen MR) is 181 cm³/mol. The molecule has 14 heteroatoms. The second-order valence-corrected chi connectivity index (χ2v) is 14.7. The summed E-state index contributed by atoms with van der Waals surface area (Å²) >= 11 is 0. The second kappa shape index (κ2) is 12.3. The molecule has 3 saturated heterocycles. The van der Waals surface area contributed by atoms with Gasteiger partial charge in [-0.15, -0.1) is 0 Å². The monoisotopic (exact) mass is 701 g/mol. The van der Waals surface area contributed by atoms with Gasteiger partial charge < -0.3 is 24.4 Å². The molecule has 0 aliphatic carbocycles. The van der Waals surface area contributed by atoms with Crippen molar-refractivity contribution in [2.45, 2.75) is 81.5 Å². The Kier molecular flexibility index (Phi) is 7.80. The van der Waals surface area contributed by atoms with Crippen LogP contribution in [0, 0.1) is 11.6 Å². The maximum Gasteiger partial charge on any atom is 0.319 e. The zero-order chi connectivity index (χ0) is 34.9. The zero-order valence-electron chi connectivity index (χ0n) is 28.0. The van der Waals surface area contributed by atoms with Crippen molar-refractivity contribution in [2.75, 3.05) is 37.7 Å². The number of phenolic OH excluding ortho intramolecular Hbond substituents is 1. The van der Waals surface area contributed by atoms with Gasteiger partial charge in [-0.05, 0) is 86.0 Å². The number of piperidine rings is 1. The van der Waals surface area contributed by atoms with Crippen LogP contribution in [0.25, 0.3) is 32.9 Å². The van der Waals surface area contributed by atoms with Crippen molar-refractivity contribution >= 4 is 27.5 Å². The normalized spacial score (nSPS) is 25.3. The largest absolute Gasteiger partial charge is 0.508 e. The summed E-state index contributed by atoms with van der Waals surface area (Å²) in [5.41, 5.74) is -1.28. The number of ether oxygens (including phenoxy) is 1. The average molecular weight is 702 g/mol. The van der Waals surface area contributed by atoms with Gasteiger partial charge in [-0.2, -0.15) is 15.0 Å². The third kappa shape index (κ3) is 5.72. The molecule has 10 rings (SSSR count). The standard InChI is InChI=1S/C37H38F3N7O4/c38-22-15-36(9-3-12-47(36)18-22)20-50-35-43-33-26-17-41-32(31(33)40)25-14-23(48)13-21-7-8-27(39)24(30(21)25)5-1-2-6-29-42-28(45-51-29)16-37(49)10-4-11-46(19-37)34(26)44-35/h7-8,13-14,17,22,48-49H,1-6,9-12,15-16,18-20H2/t22-,36+,37?/m1/s1. The van der Waals surface area contributed by atoms with Crippen molar-refractivity contribution in [3.05, 3.63) is 59.4 Å². The van der Waals surface area contributed by atoms with E-state index in [9.17, 15) is 14.6 Å². The molecule has 3 aromatic heterocycles. The minimum absolute atomic E-state index is 0.0696. The van der Waals surface area contributed by atoms with Crippen molar-refractivity contribution in [3.63, 3.8) is 0 Å². The van der Waals surface area contributed by atoms with Crippen LogP contribution in [0.3, 0.4) is 0 Å². The van der Waals surface area contributed by atoms with Crippen LogP contribution in [0.15, 0.2) is 35.0 Å². The van der Waals surface area contributed by atoms with E-state index < -0.39 is 28.9 Å². The number of hydrogen-bond donors (Lipinski definition) is 2. The lowest BCUT2D eigenvalue weighted by Crippen LogP contribution is -2.50. The number of pyridine rings is 1. The van der Waals surface area contributed by atoms with Crippen LogP contribution in [0.2, 0.25) is 0 Å². The highest BCUT2D eigenvalue weighted by Gasteiger charge is 2.49. The quantitative estimate of drug-likeness (QED) is 0.243. The van der Waals surface area contributed by atoms with Gasteiger partial charge in [0, 0.05) is 50.7 Å². The average Bonchev–Trinajstić information content (AvgIpc) is 3.79. The fourth-order valence-electron chi connectivity index (χ4n) is 8.87. The molecule has 11 nitrogen and oxygen atoms in total. The maximum atomic E-state index is 17.1.